The summed E-state index contributed by atoms with van der Waals surface area (Å²) in [5, 5.41) is 4.15. The Morgan fingerprint density at radius 2 is 2.00 bits per heavy atom. The Hall–Kier alpha value is -1.88. The monoisotopic (exact) mass is 345 g/mol. The van der Waals surface area contributed by atoms with Crippen molar-refractivity contribution in [1.29, 1.82) is 0 Å². The summed E-state index contributed by atoms with van der Waals surface area (Å²) in [5.74, 6) is 2.33. The lowest BCUT2D eigenvalue weighted by Crippen LogP contribution is -2.03. The number of aromatic nitrogens is 2. The summed E-state index contributed by atoms with van der Waals surface area (Å²) in [5.41, 5.74) is 2.80. The fourth-order valence-electron chi connectivity index (χ4n) is 2.45. The first-order chi connectivity index (χ1) is 10.2. The minimum atomic E-state index is 0.696. The Labute approximate surface area is 131 Å². The second-order valence-corrected chi connectivity index (χ2v) is 5.58. The minimum Gasteiger partial charge on any atom is -0.461 e. The molecule has 0 spiro atoms. The molecule has 0 aliphatic rings. The van der Waals surface area contributed by atoms with Crippen LogP contribution in [0.4, 0.5) is 5.82 Å². The number of aryl methyl sites for hydroxylation is 2. The van der Waals surface area contributed by atoms with Gasteiger partial charge in [0, 0.05) is 12.4 Å². The van der Waals surface area contributed by atoms with E-state index in [2.05, 4.69) is 33.2 Å². The van der Waals surface area contributed by atoms with Crippen molar-refractivity contribution in [3.8, 4) is 11.4 Å². The quantitative estimate of drug-likeness (QED) is 0.755. The minimum absolute atomic E-state index is 0.696. The standard InChI is InChI=1S/C16H16BrN3O/c1-4-11-14(17)16(18-3)20-15(19-11)13-9(2)21-12-8-6-5-7-10(12)13/h5-8H,4H2,1-3H3,(H,18,19,20). The maximum atomic E-state index is 5.82. The average Bonchev–Trinajstić information content (AvgIpc) is 2.83. The lowest BCUT2D eigenvalue weighted by Gasteiger charge is -2.09. The van der Waals surface area contributed by atoms with Crippen molar-refractivity contribution in [2.45, 2.75) is 20.3 Å². The third-order valence-corrected chi connectivity index (χ3v) is 4.32. The van der Waals surface area contributed by atoms with Crippen LogP contribution in [-0.2, 0) is 6.42 Å². The van der Waals surface area contributed by atoms with Crippen LogP contribution in [0.3, 0.4) is 0 Å². The number of nitrogens with zero attached hydrogens (tertiary/aromatic N) is 2. The molecule has 0 bridgehead atoms. The summed E-state index contributed by atoms with van der Waals surface area (Å²) in [4.78, 5) is 9.32. The van der Waals surface area contributed by atoms with Gasteiger partial charge in [-0.2, -0.15) is 0 Å². The highest BCUT2D eigenvalue weighted by molar-refractivity contribution is 9.10. The van der Waals surface area contributed by atoms with Crippen LogP contribution in [0.5, 0.6) is 0 Å². The normalized spacial score (nSPS) is 11.0. The predicted octanol–water partition coefficient (Wildman–Crippen LogP) is 4.56. The molecule has 3 rings (SSSR count). The maximum absolute atomic E-state index is 5.82. The highest BCUT2D eigenvalue weighted by atomic mass is 79.9. The number of nitrogens with one attached hydrogen (secondary N) is 1. The van der Waals surface area contributed by atoms with Crippen LogP contribution in [0.25, 0.3) is 22.4 Å². The summed E-state index contributed by atoms with van der Waals surface area (Å²) in [6.07, 6.45) is 0.833. The molecule has 0 saturated heterocycles. The first kappa shape index (κ1) is 14.1. The predicted molar refractivity (Wildman–Crippen MR) is 88.6 cm³/mol. The molecule has 0 unspecified atom stereocenters. The number of hydrogen-bond acceptors (Lipinski definition) is 4. The molecule has 1 N–H and O–H groups in total. The van der Waals surface area contributed by atoms with E-state index in [1.165, 1.54) is 0 Å². The molecule has 1 aromatic carbocycles. The first-order valence-electron chi connectivity index (χ1n) is 6.88. The molecule has 108 valence electrons. The molecule has 2 aromatic heterocycles. The number of rotatable bonds is 3. The van der Waals surface area contributed by atoms with Gasteiger partial charge in [-0.25, -0.2) is 9.97 Å². The summed E-state index contributed by atoms with van der Waals surface area (Å²) < 4.78 is 6.74. The Kier molecular flexibility index (Phi) is 3.68. The van der Waals surface area contributed by atoms with Crippen molar-refractivity contribution in [2.75, 3.05) is 12.4 Å². The second kappa shape index (κ2) is 5.48. The van der Waals surface area contributed by atoms with E-state index < -0.39 is 0 Å². The Balaban J connectivity index is 2.30. The molecule has 0 aliphatic carbocycles. The van der Waals surface area contributed by atoms with Crippen molar-refractivity contribution in [2.24, 2.45) is 0 Å². The Morgan fingerprint density at radius 3 is 2.71 bits per heavy atom. The van der Waals surface area contributed by atoms with E-state index in [9.17, 15) is 0 Å². The summed E-state index contributed by atoms with van der Waals surface area (Å²) >= 11 is 3.56. The highest BCUT2D eigenvalue weighted by Crippen LogP contribution is 2.35. The zero-order chi connectivity index (χ0) is 15.0. The van der Waals surface area contributed by atoms with Crippen molar-refractivity contribution >= 4 is 32.7 Å². The van der Waals surface area contributed by atoms with Gasteiger partial charge in [-0.1, -0.05) is 25.1 Å². The molecule has 0 atom stereocenters. The number of fused-ring (bicyclic) bond motifs is 1. The van der Waals surface area contributed by atoms with Gasteiger partial charge >= 0.3 is 0 Å². The van der Waals surface area contributed by atoms with E-state index in [1.807, 2.05) is 38.2 Å². The van der Waals surface area contributed by atoms with E-state index in [0.29, 0.717) is 5.82 Å². The van der Waals surface area contributed by atoms with Gasteiger partial charge in [0.1, 0.15) is 17.2 Å². The molecular formula is C16H16BrN3O. The van der Waals surface area contributed by atoms with Crippen LogP contribution < -0.4 is 5.32 Å². The van der Waals surface area contributed by atoms with Crippen LogP contribution in [-0.4, -0.2) is 17.0 Å². The first-order valence-corrected chi connectivity index (χ1v) is 7.67. The molecule has 0 radical (unpaired) electrons. The number of benzene rings is 1. The van der Waals surface area contributed by atoms with Gasteiger partial charge in [0.15, 0.2) is 5.82 Å². The lowest BCUT2D eigenvalue weighted by atomic mass is 10.1. The van der Waals surface area contributed by atoms with Gasteiger partial charge in [0.05, 0.1) is 15.7 Å². The van der Waals surface area contributed by atoms with Crippen molar-refractivity contribution in [1.82, 2.24) is 9.97 Å². The SMILES string of the molecule is CCc1nc(-c2c(C)oc3ccccc23)nc(NC)c1Br. The zero-order valence-corrected chi connectivity index (χ0v) is 13.8. The second-order valence-electron chi connectivity index (χ2n) is 4.79. The summed E-state index contributed by atoms with van der Waals surface area (Å²) in [6.45, 7) is 4.03. The largest absolute Gasteiger partial charge is 0.461 e. The average molecular weight is 346 g/mol. The lowest BCUT2D eigenvalue weighted by molar-refractivity contribution is 0.579. The van der Waals surface area contributed by atoms with Gasteiger partial charge in [0.25, 0.3) is 0 Å². The van der Waals surface area contributed by atoms with Crippen molar-refractivity contribution in [3.63, 3.8) is 0 Å². The third kappa shape index (κ3) is 2.31. The number of para-hydroxylation sites is 1. The van der Waals surface area contributed by atoms with Gasteiger partial charge in [-0.05, 0) is 35.3 Å². The summed E-state index contributed by atoms with van der Waals surface area (Å²) in [7, 11) is 1.86. The maximum Gasteiger partial charge on any atom is 0.166 e. The smallest absolute Gasteiger partial charge is 0.166 e. The number of furan rings is 1. The third-order valence-electron chi connectivity index (χ3n) is 3.49. The van der Waals surface area contributed by atoms with E-state index in [-0.39, 0.29) is 0 Å². The number of anilines is 1. The van der Waals surface area contributed by atoms with Crippen LogP contribution in [0.15, 0.2) is 33.2 Å². The fourth-order valence-corrected chi connectivity index (χ4v) is 3.11. The molecule has 2 heterocycles. The van der Waals surface area contributed by atoms with Crippen LogP contribution in [0.2, 0.25) is 0 Å². The van der Waals surface area contributed by atoms with Crippen LogP contribution in [0, 0.1) is 6.92 Å². The molecule has 3 aromatic rings. The molecular weight excluding hydrogens is 330 g/mol. The van der Waals surface area contributed by atoms with E-state index in [0.717, 1.165) is 44.7 Å². The number of hydrogen-bond donors (Lipinski definition) is 1. The van der Waals surface area contributed by atoms with Gasteiger partial charge in [-0.15, -0.1) is 0 Å². The molecule has 0 aliphatic heterocycles. The Bertz CT molecular complexity index is 785. The topological polar surface area (TPSA) is 51.0 Å². The molecule has 0 fully saturated rings. The van der Waals surface area contributed by atoms with Crippen molar-refractivity contribution in [3.05, 3.63) is 40.2 Å². The molecule has 4 nitrogen and oxygen atoms in total. The van der Waals surface area contributed by atoms with E-state index in [4.69, 9.17) is 9.40 Å². The van der Waals surface area contributed by atoms with E-state index >= 15 is 0 Å². The van der Waals surface area contributed by atoms with Crippen LogP contribution in [0.1, 0.15) is 18.4 Å². The molecule has 0 saturated carbocycles. The molecule has 5 heteroatoms. The zero-order valence-electron chi connectivity index (χ0n) is 12.2. The van der Waals surface area contributed by atoms with Gasteiger partial charge in [-0.3, -0.25) is 0 Å². The van der Waals surface area contributed by atoms with Crippen LogP contribution >= 0.6 is 15.9 Å². The molecule has 21 heavy (non-hydrogen) atoms. The summed E-state index contributed by atoms with van der Waals surface area (Å²) in [6, 6.07) is 7.97. The van der Waals surface area contributed by atoms with E-state index in [1.54, 1.807) is 0 Å². The highest BCUT2D eigenvalue weighted by Gasteiger charge is 2.18. The molecule has 0 amide bonds. The number of halogens is 1. The van der Waals surface area contributed by atoms with Gasteiger partial charge in [0.2, 0.25) is 0 Å². The van der Waals surface area contributed by atoms with Gasteiger partial charge < -0.3 is 9.73 Å². The Morgan fingerprint density at radius 1 is 1.24 bits per heavy atom. The van der Waals surface area contributed by atoms with Crippen molar-refractivity contribution < 1.29 is 4.42 Å². The fraction of sp³-hybridized carbons (Fsp3) is 0.250.